The first-order valence-corrected chi connectivity index (χ1v) is 4.88. The third kappa shape index (κ3) is 2.26. The molecule has 0 aromatic rings. The van der Waals surface area contributed by atoms with Crippen LogP contribution in [0, 0.1) is 0 Å². The first-order chi connectivity index (χ1) is 7.38. The zero-order valence-electron chi connectivity index (χ0n) is 8.30. The van der Waals surface area contributed by atoms with Crippen LogP contribution < -0.4 is 0 Å². The van der Waals surface area contributed by atoms with Crippen LogP contribution in [0.25, 0.3) is 11.1 Å². The summed E-state index contributed by atoms with van der Waals surface area (Å²) in [5, 5.41) is 9.84. The monoisotopic (exact) mass is 196 g/mol. The molecular weight excluding hydrogens is 184 g/mol. The topological polar surface area (TPSA) is 20.2 Å². The molecule has 0 aliphatic heterocycles. The zero-order valence-corrected chi connectivity index (χ0v) is 8.30. The highest BCUT2D eigenvalue weighted by atomic mass is 16.3. The molecule has 1 heteroatoms. The van der Waals surface area contributed by atoms with Gasteiger partial charge in [-0.3, -0.25) is 0 Å². The van der Waals surface area contributed by atoms with Gasteiger partial charge in [-0.05, 0) is 11.6 Å². The molecular formula is C14H12O. The lowest BCUT2D eigenvalue weighted by atomic mass is 10.1. The van der Waals surface area contributed by atoms with Crippen molar-refractivity contribution in [2.75, 3.05) is 0 Å². The Balaban J connectivity index is 2.80. The first-order valence-electron chi connectivity index (χ1n) is 4.88. The Hall–Kier alpha value is -2.02. The molecule has 74 valence electrons. The van der Waals surface area contributed by atoms with E-state index in [2.05, 4.69) is 0 Å². The van der Waals surface area contributed by atoms with Crippen molar-refractivity contribution in [2.45, 2.75) is 0 Å². The van der Waals surface area contributed by atoms with E-state index in [9.17, 15) is 5.11 Å². The van der Waals surface area contributed by atoms with Crippen molar-refractivity contribution in [3.05, 3.63) is 66.7 Å². The summed E-state index contributed by atoms with van der Waals surface area (Å²) in [6.07, 6.45) is 0. The van der Waals surface area contributed by atoms with E-state index in [1.807, 2.05) is 60.7 Å². The molecule has 0 radical (unpaired) electrons. The molecule has 0 bridgehead atoms. The molecule has 1 N–H and O–H groups in total. The average molecular weight is 196 g/mol. The van der Waals surface area contributed by atoms with Crippen LogP contribution in [-0.4, -0.2) is 5.11 Å². The van der Waals surface area contributed by atoms with E-state index in [0.29, 0.717) is 5.75 Å². The Kier molecular flexibility index (Phi) is 2.84. The lowest BCUT2D eigenvalue weighted by molar-refractivity contribution is 0.477. The summed E-state index contributed by atoms with van der Waals surface area (Å²) in [5.74, 6) is 0.293. The smallest absolute Gasteiger partial charge is 0.123 e. The normalized spacial score (nSPS) is 9.60. The third-order valence-electron chi connectivity index (χ3n) is 2.21. The number of rotatable bonds is 0. The number of hydrogen-bond acceptors (Lipinski definition) is 1. The number of hydrogen-bond donors (Lipinski definition) is 1. The summed E-state index contributed by atoms with van der Waals surface area (Å²) in [5.41, 5.74) is 1.85. The van der Waals surface area contributed by atoms with Crippen LogP contribution in [0.1, 0.15) is 0 Å². The molecule has 2 aliphatic carbocycles. The van der Waals surface area contributed by atoms with Crippen LogP contribution in [-0.2, 0) is 0 Å². The van der Waals surface area contributed by atoms with E-state index in [1.165, 1.54) is 0 Å². The van der Waals surface area contributed by atoms with Gasteiger partial charge in [-0.15, -0.1) is 0 Å². The van der Waals surface area contributed by atoms with E-state index in [0.717, 1.165) is 11.1 Å². The summed E-state index contributed by atoms with van der Waals surface area (Å²) < 4.78 is 0. The van der Waals surface area contributed by atoms with Gasteiger partial charge in [-0.1, -0.05) is 60.7 Å². The maximum Gasteiger partial charge on any atom is 0.123 e. The SMILES string of the molecule is Oc1cccccc2ccccccc1-2. The van der Waals surface area contributed by atoms with Crippen LogP contribution >= 0.6 is 0 Å². The Morgan fingerprint density at radius 3 is 1.87 bits per heavy atom. The van der Waals surface area contributed by atoms with Crippen LogP contribution in [0.4, 0.5) is 0 Å². The Morgan fingerprint density at radius 2 is 1.13 bits per heavy atom. The number of aromatic hydroxyl groups is 1. The molecule has 0 saturated heterocycles. The molecule has 0 aromatic heterocycles. The van der Waals surface area contributed by atoms with Crippen molar-refractivity contribution in [2.24, 2.45) is 0 Å². The Bertz CT molecular complexity index is 472. The summed E-state index contributed by atoms with van der Waals surface area (Å²) in [7, 11) is 0. The third-order valence-corrected chi connectivity index (χ3v) is 2.21. The summed E-state index contributed by atoms with van der Waals surface area (Å²) >= 11 is 0. The van der Waals surface area contributed by atoms with Crippen molar-refractivity contribution >= 4 is 0 Å². The molecule has 0 amide bonds. The maximum absolute atomic E-state index is 9.84. The molecule has 0 heterocycles. The van der Waals surface area contributed by atoms with E-state index in [1.54, 1.807) is 6.07 Å². The van der Waals surface area contributed by atoms with Crippen molar-refractivity contribution in [3.63, 3.8) is 0 Å². The van der Waals surface area contributed by atoms with Gasteiger partial charge in [0.05, 0.1) is 0 Å². The molecule has 15 heavy (non-hydrogen) atoms. The summed E-state index contributed by atoms with van der Waals surface area (Å²) in [4.78, 5) is 0. The lowest BCUT2D eigenvalue weighted by Crippen LogP contribution is -1.75. The second-order valence-corrected chi connectivity index (χ2v) is 3.27. The van der Waals surface area contributed by atoms with Crippen molar-refractivity contribution < 1.29 is 5.11 Å². The lowest BCUT2D eigenvalue weighted by Gasteiger charge is -2.01. The fraction of sp³-hybridized carbons (Fsp3) is 0. The quantitative estimate of drug-likeness (QED) is 0.682. The Labute approximate surface area is 89.3 Å². The summed E-state index contributed by atoms with van der Waals surface area (Å²) in [6, 6.07) is 21.0. The molecule has 1 nitrogen and oxygen atoms in total. The predicted octanol–water partition coefficient (Wildman–Crippen LogP) is 3.62. The van der Waals surface area contributed by atoms with E-state index < -0.39 is 0 Å². The van der Waals surface area contributed by atoms with Crippen molar-refractivity contribution in [1.82, 2.24) is 0 Å². The van der Waals surface area contributed by atoms with Gasteiger partial charge in [0.15, 0.2) is 0 Å². The highest BCUT2D eigenvalue weighted by Crippen LogP contribution is 2.26. The molecule has 2 rings (SSSR count). The molecule has 0 saturated carbocycles. The fourth-order valence-electron chi connectivity index (χ4n) is 1.46. The Morgan fingerprint density at radius 1 is 0.600 bits per heavy atom. The molecule has 0 aromatic carbocycles. The van der Waals surface area contributed by atoms with Gasteiger partial charge in [-0.25, -0.2) is 0 Å². The molecule has 0 unspecified atom stereocenters. The average Bonchev–Trinajstić information content (AvgIpc) is 2.18. The van der Waals surface area contributed by atoms with Crippen molar-refractivity contribution in [3.8, 4) is 16.9 Å². The van der Waals surface area contributed by atoms with Gasteiger partial charge in [0.25, 0.3) is 0 Å². The standard InChI is InChI=1S/C14H12O/c15-14-11-7-3-5-9-12-8-4-1-2-6-10-13(12)14/h1-11,15H. The largest absolute Gasteiger partial charge is 0.507 e. The van der Waals surface area contributed by atoms with Crippen LogP contribution in [0.2, 0.25) is 0 Å². The minimum atomic E-state index is 0.293. The fourth-order valence-corrected chi connectivity index (χ4v) is 1.46. The minimum Gasteiger partial charge on any atom is -0.507 e. The molecule has 0 fully saturated rings. The van der Waals surface area contributed by atoms with E-state index in [4.69, 9.17) is 0 Å². The van der Waals surface area contributed by atoms with Crippen LogP contribution in [0.5, 0.6) is 5.75 Å². The second-order valence-electron chi connectivity index (χ2n) is 3.27. The van der Waals surface area contributed by atoms with Gasteiger partial charge in [0, 0.05) is 5.56 Å². The number of fused-ring (bicyclic) bond motifs is 1. The predicted molar refractivity (Wildman–Crippen MR) is 62.4 cm³/mol. The highest BCUT2D eigenvalue weighted by molar-refractivity contribution is 5.68. The maximum atomic E-state index is 9.84. The molecule has 2 aliphatic rings. The zero-order chi connectivity index (χ0) is 10.5. The van der Waals surface area contributed by atoms with Gasteiger partial charge in [0.1, 0.15) is 5.75 Å². The first kappa shape index (κ1) is 9.53. The second kappa shape index (κ2) is 4.47. The van der Waals surface area contributed by atoms with Gasteiger partial charge in [0.2, 0.25) is 0 Å². The van der Waals surface area contributed by atoms with Gasteiger partial charge in [-0.2, -0.15) is 0 Å². The van der Waals surface area contributed by atoms with Crippen LogP contribution in [0.15, 0.2) is 66.7 Å². The van der Waals surface area contributed by atoms with Crippen LogP contribution in [0.3, 0.4) is 0 Å². The summed E-state index contributed by atoms with van der Waals surface area (Å²) in [6.45, 7) is 0. The van der Waals surface area contributed by atoms with Gasteiger partial charge >= 0.3 is 0 Å². The minimum absolute atomic E-state index is 0.293. The van der Waals surface area contributed by atoms with Gasteiger partial charge < -0.3 is 5.11 Å². The molecule has 0 spiro atoms. The molecule has 0 atom stereocenters. The van der Waals surface area contributed by atoms with Crippen molar-refractivity contribution in [1.29, 1.82) is 0 Å². The van der Waals surface area contributed by atoms with E-state index >= 15 is 0 Å². The highest BCUT2D eigenvalue weighted by Gasteiger charge is 1.99. The van der Waals surface area contributed by atoms with E-state index in [-0.39, 0.29) is 0 Å².